The van der Waals surface area contributed by atoms with Crippen LogP contribution in [0.15, 0.2) is 78.9 Å². The van der Waals surface area contributed by atoms with Gasteiger partial charge in [-0.3, -0.25) is 10.1 Å². The minimum Gasteiger partial charge on any atom is -0.386 e. The molecular weight excluding hydrogens is 623 g/mol. The van der Waals surface area contributed by atoms with Crippen LogP contribution in [0.5, 0.6) is 17.2 Å². The molecule has 0 saturated carbocycles. The second kappa shape index (κ2) is 21.6. The first-order valence-corrected chi connectivity index (χ1v) is 19.5. The predicted octanol–water partition coefficient (Wildman–Crippen LogP) is 12.1. The minimum atomic E-state index is -4.22. The molecule has 0 heterocycles. The van der Waals surface area contributed by atoms with Crippen molar-refractivity contribution in [3.63, 3.8) is 0 Å². The summed E-state index contributed by atoms with van der Waals surface area (Å²) in [6.45, 7) is 3.59. The second-order valence-electron chi connectivity index (χ2n) is 13.5. The van der Waals surface area contributed by atoms with Crippen LogP contribution in [-0.2, 0) is 11.1 Å². The Morgan fingerprint density at radius 1 is 0.604 bits per heavy atom. The van der Waals surface area contributed by atoms with E-state index in [0.717, 1.165) is 19.4 Å². The van der Waals surface area contributed by atoms with Crippen molar-refractivity contribution in [2.24, 2.45) is 0 Å². The Morgan fingerprint density at radius 3 is 1.46 bits per heavy atom. The smallest absolute Gasteiger partial charge is 0.386 e. The van der Waals surface area contributed by atoms with Crippen molar-refractivity contribution >= 4 is 13.5 Å². The molecule has 3 aromatic rings. The Kier molecular flexibility index (Phi) is 17.6. The third-order valence-corrected chi connectivity index (χ3v) is 9.90. The Hall–Kier alpha value is -3.35. The number of quaternary nitrogens is 1. The fourth-order valence-corrected chi connectivity index (χ4v) is 7.20. The fourth-order valence-electron chi connectivity index (χ4n) is 5.96. The minimum absolute atomic E-state index is 0.00307. The Balaban J connectivity index is 1.46. The monoisotopic (exact) mass is 681 g/mol. The van der Waals surface area contributed by atoms with Gasteiger partial charge in [0.1, 0.15) is 23.8 Å². The first kappa shape index (κ1) is 39.1. The van der Waals surface area contributed by atoms with Gasteiger partial charge in [0.15, 0.2) is 0 Å². The van der Waals surface area contributed by atoms with E-state index in [4.69, 9.17) is 13.6 Å². The zero-order valence-electron chi connectivity index (χ0n) is 29.5. The molecule has 0 aliphatic heterocycles. The fraction of sp³-hybridized carbons (Fsp3) is 0.538. The van der Waals surface area contributed by atoms with Gasteiger partial charge in [0.2, 0.25) is 0 Å². The van der Waals surface area contributed by atoms with Gasteiger partial charge in [0.05, 0.1) is 31.1 Å². The largest absolute Gasteiger partial charge is 0.647 e. The molecule has 0 unspecified atom stereocenters. The van der Waals surface area contributed by atoms with Crippen LogP contribution in [0.2, 0.25) is 0 Å². The molecule has 3 aromatic carbocycles. The lowest BCUT2D eigenvalue weighted by atomic mass is 10.0. The highest BCUT2D eigenvalue weighted by molar-refractivity contribution is 7.49. The molecule has 0 fully saturated rings. The maximum atomic E-state index is 13.9. The average molecular weight is 682 g/mol. The summed E-state index contributed by atoms with van der Waals surface area (Å²) < 4.78 is 31.9. The number of rotatable bonds is 26. The summed E-state index contributed by atoms with van der Waals surface area (Å²) >= 11 is 0. The van der Waals surface area contributed by atoms with E-state index in [9.17, 15) is 14.7 Å². The van der Waals surface area contributed by atoms with Gasteiger partial charge >= 0.3 is 7.82 Å². The second-order valence-corrected chi connectivity index (χ2v) is 15.0. The molecule has 0 atom stereocenters. The third-order valence-electron chi connectivity index (χ3n) is 8.60. The number of unbranched alkanes of at least 4 members (excludes halogenated alkanes) is 15. The normalized spacial score (nSPS) is 11.7. The number of phosphoric acid groups is 1. The highest BCUT2D eigenvalue weighted by Crippen LogP contribution is 2.50. The van der Waals surface area contributed by atoms with E-state index in [1.54, 1.807) is 54.6 Å². The lowest BCUT2D eigenvalue weighted by molar-refractivity contribution is -0.904. The molecule has 264 valence electrons. The van der Waals surface area contributed by atoms with Crippen molar-refractivity contribution < 1.29 is 27.5 Å². The van der Waals surface area contributed by atoms with Gasteiger partial charge in [-0.05, 0) is 49.2 Å². The number of hydrogen-bond donors (Lipinski definition) is 0. The molecule has 48 heavy (non-hydrogen) atoms. The molecule has 3 rings (SSSR count). The molecule has 0 saturated heterocycles. The number of nitrogens with zero attached hydrogens (tertiary/aromatic N) is 2. The summed E-state index contributed by atoms with van der Waals surface area (Å²) in [6, 6.07) is 21.7. The standard InChI is InChI=1S/C39H58N2O6P/c1-4-5-6-7-8-9-10-11-12-13-14-15-16-17-18-25-32-41(2,3)34-35-33-38(30-31-39(35)40(42)43)47-48(44,45-36-26-21-19-22-27-36)46-37-28-23-20-24-29-37/h19-24,26-31,33H,4-18,25,32,34H2,1-3H3/q+1. The van der Waals surface area contributed by atoms with Crippen LogP contribution in [0.1, 0.15) is 115 Å². The molecule has 0 spiro atoms. The van der Waals surface area contributed by atoms with Crippen LogP contribution in [-0.4, -0.2) is 30.0 Å². The lowest BCUT2D eigenvalue weighted by Crippen LogP contribution is -2.39. The first-order chi connectivity index (χ1) is 23.2. The quantitative estimate of drug-likeness (QED) is 0.0275. The van der Waals surface area contributed by atoms with Crippen molar-refractivity contribution in [3.8, 4) is 17.2 Å². The van der Waals surface area contributed by atoms with E-state index in [1.807, 2.05) is 12.1 Å². The molecule has 8 nitrogen and oxygen atoms in total. The number of nitro groups is 1. The Morgan fingerprint density at radius 2 is 1.02 bits per heavy atom. The van der Waals surface area contributed by atoms with Gasteiger partial charge in [-0.2, -0.15) is 4.57 Å². The average Bonchev–Trinajstić information content (AvgIpc) is 3.05. The number of hydrogen-bond acceptors (Lipinski definition) is 6. The van der Waals surface area contributed by atoms with Gasteiger partial charge in [0, 0.05) is 6.07 Å². The molecule has 9 heteroatoms. The van der Waals surface area contributed by atoms with E-state index in [1.165, 1.54) is 102 Å². The highest BCUT2D eigenvalue weighted by atomic mass is 31.2. The van der Waals surface area contributed by atoms with Crippen molar-refractivity contribution in [3.05, 3.63) is 94.5 Å². The maximum absolute atomic E-state index is 13.9. The first-order valence-electron chi connectivity index (χ1n) is 18.1. The Bertz CT molecular complexity index is 1320. The SMILES string of the molecule is CCCCCCCCCCCCCCCCCC[N+](C)(C)Cc1cc(OP(=O)(Oc2ccccc2)Oc2ccccc2)ccc1[N+](=O)[O-]. The predicted molar refractivity (Wildman–Crippen MR) is 196 cm³/mol. The molecular formula is C39H58N2O6P+. The zero-order chi connectivity index (χ0) is 34.5. The van der Waals surface area contributed by atoms with E-state index < -0.39 is 7.82 Å². The molecule has 0 aliphatic carbocycles. The zero-order valence-corrected chi connectivity index (χ0v) is 30.4. The lowest BCUT2D eigenvalue weighted by Gasteiger charge is -2.30. The van der Waals surface area contributed by atoms with Crippen LogP contribution >= 0.6 is 7.82 Å². The summed E-state index contributed by atoms with van der Waals surface area (Å²) in [6.07, 6.45) is 21.2. The molecule has 0 aromatic heterocycles. The molecule has 0 bridgehead atoms. The van der Waals surface area contributed by atoms with Crippen LogP contribution < -0.4 is 13.6 Å². The van der Waals surface area contributed by atoms with Gasteiger partial charge in [-0.1, -0.05) is 133 Å². The molecule has 0 radical (unpaired) electrons. The molecule has 0 aliphatic rings. The van der Waals surface area contributed by atoms with Gasteiger partial charge in [0.25, 0.3) is 5.69 Å². The van der Waals surface area contributed by atoms with Crippen LogP contribution in [0.25, 0.3) is 0 Å². The van der Waals surface area contributed by atoms with Gasteiger partial charge in [-0.25, -0.2) is 0 Å². The van der Waals surface area contributed by atoms with Crippen LogP contribution in [0, 0.1) is 10.1 Å². The molecule has 0 amide bonds. The van der Waals surface area contributed by atoms with Crippen molar-refractivity contribution in [2.75, 3.05) is 20.6 Å². The summed E-state index contributed by atoms with van der Waals surface area (Å²) in [4.78, 5) is 11.6. The van der Waals surface area contributed by atoms with E-state index >= 15 is 0 Å². The summed E-state index contributed by atoms with van der Waals surface area (Å²) in [5, 5.41) is 12.0. The number of para-hydroxylation sites is 2. The van der Waals surface area contributed by atoms with Crippen LogP contribution in [0.3, 0.4) is 0 Å². The molecule has 0 N–H and O–H groups in total. The van der Waals surface area contributed by atoms with Crippen molar-refractivity contribution in [1.29, 1.82) is 0 Å². The van der Waals surface area contributed by atoms with Crippen LogP contribution in [0.4, 0.5) is 5.69 Å². The highest BCUT2D eigenvalue weighted by Gasteiger charge is 2.34. The maximum Gasteiger partial charge on any atom is 0.647 e. The van der Waals surface area contributed by atoms with Gasteiger partial charge in [-0.15, -0.1) is 0 Å². The topological polar surface area (TPSA) is 87.9 Å². The van der Waals surface area contributed by atoms with E-state index in [2.05, 4.69) is 21.0 Å². The summed E-state index contributed by atoms with van der Waals surface area (Å²) in [5.41, 5.74) is 0.508. The van der Waals surface area contributed by atoms with Crippen molar-refractivity contribution in [1.82, 2.24) is 0 Å². The number of nitro benzene ring substituents is 1. The summed E-state index contributed by atoms with van der Waals surface area (Å²) in [5.74, 6) is 0.805. The van der Waals surface area contributed by atoms with E-state index in [-0.39, 0.29) is 16.4 Å². The number of phosphoric ester groups is 1. The third kappa shape index (κ3) is 15.7. The number of benzene rings is 3. The van der Waals surface area contributed by atoms with Gasteiger partial charge < -0.3 is 18.1 Å². The van der Waals surface area contributed by atoms with Crippen molar-refractivity contribution in [2.45, 2.75) is 116 Å². The Labute approximate surface area is 289 Å². The van der Waals surface area contributed by atoms with E-state index in [0.29, 0.717) is 28.1 Å². The summed E-state index contributed by atoms with van der Waals surface area (Å²) in [7, 11) is -0.0419.